The van der Waals surface area contributed by atoms with E-state index in [1.54, 1.807) is 4.90 Å². The van der Waals surface area contributed by atoms with E-state index in [4.69, 9.17) is 5.73 Å². The van der Waals surface area contributed by atoms with Crippen molar-refractivity contribution in [1.29, 1.82) is 0 Å². The zero-order valence-electron chi connectivity index (χ0n) is 10.7. The molecule has 1 atom stereocenters. The molecule has 19 heavy (non-hydrogen) atoms. The second-order valence-electron chi connectivity index (χ2n) is 4.88. The standard InChI is InChI=1S/C12H16N4O3/c1-8-3-2-4-15(7-8)12(17)9-5-11(13)14-6-10(9)16(18)19/h5-6,8H,2-4,7H2,1H3,(H2,13,14). The van der Waals surface area contributed by atoms with Crippen molar-refractivity contribution < 1.29 is 9.72 Å². The molecule has 0 spiro atoms. The van der Waals surface area contributed by atoms with E-state index in [2.05, 4.69) is 11.9 Å². The SMILES string of the molecule is CC1CCCN(C(=O)c2cc(N)ncc2[N+](=O)[O-])C1. The highest BCUT2D eigenvalue weighted by molar-refractivity contribution is 5.98. The summed E-state index contributed by atoms with van der Waals surface area (Å²) in [7, 11) is 0. The van der Waals surface area contributed by atoms with Gasteiger partial charge in [-0.25, -0.2) is 4.98 Å². The Morgan fingerprint density at radius 3 is 3.00 bits per heavy atom. The minimum Gasteiger partial charge on any atom is -0.384 e. The van der Waals surface area contributed by atoms with Crippen molar-refractivity contribution >= 4 is 17.4 Å². The summed E-state index contributed by atoms with van der Waals surface area (Å²) in [6.07, 6.45) is 3.03. The summed E-state index contributed by atoms with van der Waals surface area (Å²) in [5.74, 6) is 0.183. The molecule has 1 saturated heterocycles. The van der Waals surface area contributed by atoms with E-state index in [1.807, 2.05) is 0 Å². The summed E-state index contributed by atoms with van der Waals surface area (Å²) in [5.41, 5.74) is 5.24. The Kier molecular flexibility index (Phi) is 3.64. The van der Waals surface area contributed by atoms with Crippen molar-refractivity contribution in [1.82, 2.24) is 9.88 Å². The van der Waals surface area contributed by atoms with Crippen molar-refractivity contribution in [3.63, 3.8) is 0 Å². The average Bonchev–Trinajstić information content (AvgIpc) is 2.37. The van der Waals surface area contributed by atoms with Gasteiger partial charge in [-0.15, -0.1) is 0 Å². The highest BCUT2D eigenvalue weighted by Crippen LogP contribution is 2.24. The molecule has 2 heterocycles. The fourth-order valence-electron chi connectivity index (χ4n) is 2.33. The maximum Gasteiger partial charge on any atom is 0.300 e. The van der Waals surface area contributed by atoms with Crippen LogP contribution >= 0.6 is 0 Å². The number of hydrogen-bond donors (Lipinski definition) is 1. The number of aromatic nitrogens is 1. The number of pyridine rings is 1. The fraction of sp³-hybridized carbons (Fsp3) is 0.500. The number of hydrogen-bond acceptors (Lipinski definition) is 5. The first-order valence-electron chi connectivity index (χ1n) is 6.18. The van der Waals surface area contributed by atoms with Crippen LogP contribution in [0.4, 0.5) is 11.5 Å². The lowest BCUT2D eigenvalue weighted by Crippen LogP contribution is -2.39. The van der Waals surface area contributed by atoms with Crippen molar-refractivity contribution in [2.24, 2.45) is 5.92 Å². The molecular formula is C12H16N4O3. The number of nitrogens with zero attached hydrogens (tertiary/aromatic N) is 3. The van der Waals surface area contributed by atoms with E-state index in [9.17, 15) is 14.9 Å². The Bertz CT molecular complexity index is 518. The maximum atomic E-state index is 12.4. The number of anilines is 1. The fourth-order valence-corrected chi connectivity index (χ4v) is 2.33. The number of nitrogens with two attached hydrogens (primary N) is 1. The van der Waals surface area contributed by atoms with Gasteiger partial charge in [-0.2, -0.15) is 0 Å². The first-order valence-corrected chi connectivity index (χ1v) is 6.18. The normalized spacial score (nSPS) is 19.2. The number of nitro groups is 1. The number of amides is 1. The van der Waals surface area contributed by atoms with Crippen LogP contribution in [0.5, 0.6) is 0 Å². The van der Waals surface area contributed by atoms with Gasteiger partial charge < -0.3 is 10.6 Å². The summed E-state index contributed by atoms with van der Waals surface area (Å²) < 4.78 is 0. The van der Waals surface area contributed by atoms with E-state index in [0.717, 1.165) is 19.0 Å². The molecule has 1 fully saturated rings. The predicted molar refractivity (Wildman–Crippen MR) is 69.6 cm³/mol. The van der Waals surface area contributed by atoms with Crippen molar-refractivity contribution in [3.05, 3.63) is 27.9 Å². The van der Waals surface area contributed by atoms with Gasteiger partial charge in [0, 0.05) is 13.1 Å². The second-order valence-corrected chi connectivity index (χ2v) is 4.88. The number of carbonyl (C=O) groups is 1. The lowest BCUT2D eigenvalue weighted by atomic mass is 9.99. The van der Waals surface area contributed by atoms with Gasteiger partial charge >= 0.3 is 0 Å². The molecule has 1 aromatic rings. The number of likely N-dealkylation sites (tertiary alicyclic amines) is 1. The van der Waals surface area contributed by atoms with E-state index in [0.29, 0.717) is 19.0 Å². The highest BCUT2D eigenvalue weighted by Gasteiger charge is 2.28. The van der Waals surface area contributed by atoms with Crippen LogP contribution in [-0.2, 0) is 0 Å². The molecule has 1 aliphatic rings. The number of carbonyl (C=O) groups excluding carboxylic acids is 1. The first-order chi connectivity index (χ1) is 8.99. The number of piperidine rings is 1. The third kappa shape index (κ3) is 2.81. The molecule has 0 radical (unpaired) electrons. The second kappa shape index (κ2) is 5.21. The third-order valence-electron chi connectivity index (χ3n) is 3.28. The Morgan fingerprint density at radius 2 is 2.37 bits per heavy atom. The number of nitrogen functional groups attached to an aromatic ring is 1. The zero-order chi connectivity index (χ0) is 14.0. The zero-order valence-corrected chi connectivity index (χ0v) is 10.7. The van der Waals surface area contributed by atoms with Crippen LogP contribution in [0, 0.1) is 16.0 Å². The smallest absolute Gasteiger partial charge is 0.300 e. The topological polar surface area (TPSA) is 102 Å². The molecule has 0 bridgehead atoms. The summed E-state index contributed by atoms with van der Waals surface area (Å²) >= 11 is 0. The molecule has 7 heteroatoms. The Balaban J connectivity index is 2.32. The quantitative estimate of drug-likeness (QED) is 0.643. The first kappa shape index (κ1) is 13.3. The maximum absolute atomic E-state index is 12.4. The molecule has 2 rings (SSSR count). The van der Waals surface area contributed by atoms with E-state index in [1.165, 1.54) is 6.07 Å². The Morgan fingerprint density at radius 1 is 1.63 bits per heavy atom. The van der Waals surface area contributed by atoms with E-state index < -0.39 is 4.92 Å². The van der Waals surface area contributed by atoms with Crippen LogP contribution in [-0.4, -0.2) is 33.8 Å². The van der Waals surface area contributed by atoms with Crippen LogP contribution in [0.15, 0.2) is 12.3 Å². The lowest BCUT2D eigenvalue weighted by Gasteiger charge is -2.30. The van der Waals surface area contributed by atoms with Gasteiger partial charge in [-0.05, 0) is 24.8 Å². The van der Waals surface area contributed by atoms with Crippen molar-refractivity contribution in [3.8, 4) is 0 Å². The molecule has 1 amide bonds. The van der Waals surface area contributed by atoms with Crippen LogP contribution in [0.2, 0.25) is 0 Å². The molecule has 0 aromatic carbocycles. The summed E-state index contributed by atoms with van der Waals surface area (Å²) in [6.45, 7) is 3.32. The van der Waals surface area contributed by atoms with Crippen LogP contribution in [0.25, 0.3) is 0 Å². The summed E-state index contributed by atoms with van der Waals surface area (Å²) in [6, 6.07) is 1.28. The van der Waals surface area contributed by atoms with Gasteiger partial charge in [-0.3, -0.25) is 14.9 Å². The van der Waals surface area contributed by atoms with Crippen LogP contribution < -0.4 is 5.73 Å². The van der Waals surface area contributed by atoms with Crippen molar-refractivity contribution in [2.75, 3.05) is 18.8 Å². The van der Waals surface area contributed by atoms with Gasteiger partial charge in [0.2, 0.25) is 0 Å². The van der Waals surface area contributed by atoms with E-state index >= 15 is 0 Å². The lowest BCUT2D eigenvalue weighted by molar-refractivity contribution is -0.385. The molecule has 102 valence electrons. The van der Waals surface area contributed by atoms with Crippen LogP contribution in [0.1, 0.15) is 30.1 Å². The average molecular weight is 264 g/mol. The molecule has 1 unspecified atom stereocenters. The summed E-state index contributed by atoms with van der Waals surface area (Å²) in [5, 5.41) is 10.9. The minimum atomic E-state index is -0.604. The Hall–Kier alpha value is -2.18. The molecular weight excluding hydrogens is 248 g/mol. The third-order valence-corrected chi connectivity index (χ3v) is 3.28. The van der Waals surface area contributed by atoms with Gasteiger partial charge in [0.15, 0.2) is 0 Å². The monoisotopic (exact) mass is 264 g/mol. The van der Waals surface area contributed by atoms with Gasteiger partial charge in [0.05, 0.1) is 4.92 Å². The largest absolute Gasteiger partial charge is 0.384 e. The minimum absolute atomic E-state index is 0.0200. The molecule has 0 aliphatic carbocycles. The molecule has 2 N–H and O–H groups in total. The molecule has 0 saturated carbocycles. The Labute approximate surface area is 110 Å². The number of rotatable bonds is 2. The molecule has 7 nitrogen and oxygen atoms in total. The van der Waals surface area contributed by atoms with Gasteiger partial charge in [0.1, 0.15) is 17.6 Å². The predicted octanol–water partition coefficient (Wildman–Crippen LogP) is 1.44. The van der Waals surface area contributed by atoms with Gasteiger partial charge in [0.25, 0.3) is 11.6 Å². The van der Waals surface area contributed by atoms with Crippen LogP contribution in [0.3, 0.4) is 0 Å². The van der Waals surface area contributed by atoms with Gasteiger partial charge in [-0.1, -0.05) is 6.92 Å². The highest BCUT2D eigenvalue weighted by atomic mass is 16.6. The molecule has 1 aliphatic heterocycles. The van der Waals surface area contributed by atoms with Crippen molar-refractivity contribution in [2.45, 2.75) is 19.8 Å². The van der Waals surface area contributed by atoms with E-state index in [-0.39, 0.29) is 23.0 Å². The summed E-state index contributed by atoms with van der Waals surface area (Å²) in [4.78, 5) is 28.0. The molecule has 1 aromatic heterocycles.